The van der Waals surface area contributed by atoms with Crippen LogP contribution in [-0.2, 0) is 4.74 Å². The van der Waals surface area contributed by atoms with Crippen LogP contribution in [0, 0.1) is 10.1 Å². The fraction of sp³-hybridized carbons (Fsp3) is 0.500. The fourth-order valence-electron chi connectivity index (χ4n) is 2.51. The molecule has 0 saturated carbocycles. The molecule has 1 aliphatic rings. The predicted molar refractivity (Wildman–Crippen MR) is 78.7 cm³/mol. The number of nitrogens with one attached hydrogen (secondary N) is 1. The molecule has 0 aromatic heterocycles. The Morgan fingerprint density at radius 1 is 1.57 bits per heavy atom. The second-order valence-electron chi connectivity index (χ2n) is 4.87. The number of hydrogen-bond donors (Lipinski definition) is 1. The Morgan fingerprint density at radius 2 is 2.33 bits per heavy atom. The van der Waals surface area contributed by atoms with Crippen LogP contribution >= 0.6 is 0 Å². The summed E-state index contributed by atoms with van der Waals surface area (Å²) >= 11 is 0. The van der Waals surface area contributed by atoms with Crippen molar-refractivity contribution in [1.29, 1.82) is 0 Å². The van der Waals surface area contributed by atoms with Gasteiger partial charge >= 0.3 is 0 Å². The molecule has 0 bridgehead atoms. The first-order valence-corrected chi connectivity index (χ1v) is 6.93. The van der Waals surface area contributed by atoms with Gasteiger partial charge in [0, 0.05) is 25.2 Å². The van der Waals surface area contributed by atoms with Gasteiger partial charge in [-0.3, -0.25) is 14.9 Å². The Balaban J connectivity index is 2.42. The van der Waals surface area contributed by atoms with E-state index in [9.17, 15) is 14.9 Å². The molecule has 1 N–H and O–H groups in total. The highest BCUT2D eigenvalue weighted by atomic mass is 16.6. The first-order chi connectivity index (χ1) is 10.1. The van der Waals surface area contributed by atoms with Gasteiger partial charge < -0.3 is 15.0 Å². The summed E-state index contributed by atoms with van der Waals surface area (Å²) in [6.07, 6.45) is 0.842. The van der Waals surface area contributed by atoms with Crippen molar-refractivity contribution in [3.8, 4) is 0 Å². The predicted octanol–water partition coefficient (Wildman–Crippen LogP) is 1.57. The standard InChI is InChI=1S/C14H19N3O4/c1-3-11-9-21-7-6-16(11)12-5-4-10(14(18)15-2)8-13(12)17(19)20/h4-5,8,11H,3,6-7,9H2,1-2H3,(H,15,18). The van der Waals surface area contributed by atoms with Crippen molar-refractivity contribution >= 4 is 17.3 Å². The zero-order chi connectivity index (χ0) is 15.4. The summed E-state index contributed by atoms with van der Waals surface area (Å²) in [7, 11) is 1.50. The number of ether oxygens (including phenoxy) is 1. The number of amides is 1. The number of hydrogen-bond acceptors (Lipinski definition) is 5. The van der Waals surface area contributed by atoms with Crippen molar-refractivity contribution < 1.29 is 14.5 Å². The third-order valence-corrected chi connectivity index (χ3v) is 3.67. The van der Waals surface area contributed by atoms with Crippen LogP contribution in [0.2, 0.25) is 0 Å². The first kappa shape index (κ1) is 15.2. The summed E-state index contributed by atoms with van der Waals surface area (Å²) < 4.78 is 5.43. The van der Waals surface area contributed by atoms with Crippen molar-refractivity contribution in [3.63, 3.8) is 0 Å². The van der Waals surface area contributed by atoms with Crippen molar-refractivity contribution in [2.45, 2.75) is 19.4 Å². The summed E-state index contributed by atoms with van der Waals surface area (Å²) in [6.45, 7) is 3.74. The monoisotopic (exact) mass is 293 g/mol. The number of nitro groups is 1. The number of rotatable bonds is 4. The number of carbonyl (C=O) groups excluding carboxylic acids is 1. The molecular weight excluding hydrogens is 274 g/mol. The number of nitrogens with zero attached hydrogens (tertiary/aromatic N) is 2. The Kier molecular flexibility index (Phi) is 4.74. The van der Waals surface area contributed by atoms with Crippen LogP contribution in [0.5, 0.6) is 0 Å². The summed E-state index contributed by atoms with van der Waals surface area (Å²) in [5.74, 6) is -0.335. The smallest absolute Gasteiger partial charge is 0.293 e. The van der Waals surface area contributed by atoms with Gasteiger partial charge in [0.05, 0.1) is 24.2 Å². The SMILES string of the molecule is CCC1COCCN1c1ccc(C(=O)NC)cc1[N+](=O)[O-]. The van der Waals surface area contributed by atoms with E-state index in [4.69, 9.17) is 4.74 Å². The second kappa shape index (κ2) is 6.53. The van der Waals surface area contributed by atoms with Crippen molar-refractivity contribution in [2.24, 2.45) is 0 Å². The summed E-state index contributed by atoms with van der Waals surface area (Å²) in [4.78, 5) is 24.5. The topological polar surface area (TPSA) is 84.7 Å². The Morgan fingerprint density at radius 3 is 2.95 bits per heavy atom. The summed E-state index contributed by atoms with van der Waals surface area (Å²) in [5, 5.41) is 13.8. The van der Waals surface area contributed by atoms with E-state index < -0.39 is 4.92 Å². The lowest BCUT2D eigenvalue weighted by Crippen LogP contribution is -2.45. The van der Waals surface area contributed by atoms with Crippen molar-refractivity contribution in [1.82, 2.24) is 5.32 Å². The van der Waals surface area contributed by atoms with E-state index in [0.29, 0.717) is 25.4 Å². The summed E-state index contributed by atoms with van der Waals surface area (Å²) in [6, 6.07) is 4.71. The maximum atomic E-state index is 11.6. The molecule has 114 valence electrons. The zero-order valence-electron chi connectivity index (χ0n) is 12.2. The van der Waals surface area contributed by atoms with E-state index in [-0.39, 0.29) is 23.2 Å². The van der Waals surface area contributed by atoms with E-state index in [0.717, 1.165) is 6.42 Å². The minimum atomic E-state index is -0.441. The highest BCUT2D eigenvalue weighted by Gasteiger charge is 2.28. The van der Waals surface area contributed by atoms with Crippen LogP contribution in [-0.4, -0.2) is 43.7 Å². The molecule has 1 unspecified atom stereocenters. The highest BCUT2D eigenvalue weighted by molar-refractivity contribution is 5.95. The van der Waals surface area contributed by atoms with Gasteiger partial charge in [0.2, 0.25) is 0 Å². The molecule has 21 heavy (non-hydrogen) atoms. The van der Waals surface area contributed by atoms with Gasteiger partial charge in [-0.25, -0.2) is 0 Å². The molecule has 1 atom stereocenters. The third-order valence-electron chi connectivity index (χ3n) is 3.67. The van der Waals surface area contributed by atoms with Crippen LogP contribution in [0.1, 0.15) is 23.7 Å². The minimum Gasteiger partial charge on any atom is -0.377 e. The van der Waals surface area contributed by atoms with E-state index in [1.807, 2.05) is 11.8 Å². The van der Waals surface area contributed by atoms with Gasteiger partial charge in [-0.1, -0.05) is 6.92 Å². The van der Waals surface area contributed by atoms with Crippen LogP contribution in [0.3, 0.4) is 0 Å². The lowest BCUT2D eigenvalue weighted by atomic mass is 10.1. The molecule has 7 nitrogen and oxygen atoms in total. The molecule has 0 aliphatic carbocycles. The fourth-order valence-corrected chi connectivity index (χ4v) is 2.51. The maximum absolute atomic E-state index is 11.6. The van der Waals surface area contributed by atoms with Crippen LogP contribution in [0.25, 0.3) is 0 Å². The van der Waals surface area contributed by atoms with Gasteiger partial charge in [0.1, 0.15) is 5.69 Å². The number of morpholine rings is 1. The second-order valence-corrected chi connectivity index (χ2v) is 4.87. The Bertz CT molecular complexity index is 547. The van der Waals surface area contributed by atoms with Crippen LogP contribution in [0.15, 0.2) is 18.2 Å². The van der Waals surface area contributed by atoms with Gasteiger partial charge in [-0.05, 0) is 18.6 Å². The van der Waals surface area contributed by atoms with E-state index in [1.54, 1.807) is 12.1 Å². The van der Waals surface area contributed by atoms with Gasteiger partial charge in [-0.2, -0.15) is 0 Å². The number of anilines is 1. The molecular formula is C14H19N3O4. The van der Waals surface area contributed by atoms with Crippen molar-refractivity contribution in [3.05, 3.63) is 33.9 Å². The molecule has 0 radical (unpaired) electrons. The molecule has 1 amide bonds. The molecule has 1 fully saturated rings. The first-order valence-electron chi connectivity index (χ1n) is 6.93. The van der Waals surface area contributed by atoms with Gasteiger partial charge in [0.15, 0.2) is 0 Å². The largest absolute Gasteiger partial charge is 0.377 e. The number of benzene rings is 1. The van der Waals surface area contributed by atoms with Crippen LogP contribution in [0.4, 0.5) is 11.4 Å². The summed E-state index contributed by atoms with van der Waals surface area (Å²) in [5.41, 5.74) is 0.786. The lowest BCUT2D eigenvalue weighted by molar-refractivity contribution is -0.384. The Labute approximate surface area is 123 Å². The molecule has 1 aliphatic heterocycles. The molecule has 1 saturated heterocycles. The lowest BCUT2D eigenvalue weighted by Gasteiger charge is -2.36. The quantitative estimate of drug-likeness (QED) is 0.673. The molecule has 1 aromatic carbocycles. The third kappa shape index (κ3) is 3.13. The van der Waals surface area contributed by atoms with E-state index >= 15 is 0 Å². The average Bonchev–Trinajstić information content (AvgIpc) is 2.53. The number of carbonyl (C=O) groups is 1. The highest BCUT2D eigenvalue weighted by Crippen LogP contribution is 2.32. The molecule has 1 heterocycles. The Hall–Kier alpha value is -2.15. The van der Waals surface area contributed by atoms with E-state index in [1.165, 1.54) is 13.1 Å². The van der Waals surface area contributed by atoms with Crippen molar-refractivity contribution in [2.75, 3.05) is 31.7 Å². The molecule has 7 heteroatoms. The molecule has 1 aromatic rings. The molecule has 0 spiro atoms. The van der Waals surface area contributed by atoms with Crippen LogP contribution < -0.4 is 10.2 Å². The maximum Gasteiger partial charge on any atom is 0.293 e. The molecule has 2 rings (SSSR count). The zero-order valence-corrected chi connectivity index (χ0v) is 12.2. The van der Waals surface area contributed by atoms with Gasteiger partial charge in [0.25, 0.3) is 11.6 Å². The normalized spacial score (nSPS) is 18.4. The van der Waals surface area contributed by atoms with E-state index in [2.05, 4.69) is 5.32 Å². The number of nitro benzene ring substituents is 1. The minimum absolute atomic E-state index is 0.0450. The van der Waals surface area contributed by atoms with Gasteiger partial charge in [-0.15, -0.1) is 0 Å². The average molecular weight is 293 g/mol.